The van der Waals surface area contributed by atoms with Crippen molar-refractivity contribution >= 4 is 16.8 Å². The SMILES string of the molecule is O=C(NCCCO)c1cc(-c2ccncc2)nc2ccccc12. The number of rotatable bonds is 5. The Bertz CT molecular complexity index is 819. The molecule has 116 valence electrons. The van der Waals surface area contributed by atoms with E-state index in [1.165, 1.54) is 0 Å². The van der Waals surface area contributed by atoms with Gasteiger partial charge in [-0.05, 0) is 30.7 Å². The second-order valence-corrected chi connectivity index (χ2v) is 5.14. The molecule has 1 amide bonds. The van der Waals surface area contributed by atoms with Crippen LogP contribution in [0.15, 0.2) is 54.9 Å². The van der Waals surface area contributed by atoms with Crippen molar-refractivity contribution in [3.8, 4) is 11.3 Å². The molecule has 0 atom stereocenters. The molecule has 23 heavy (non-hydrogen) atoms. The largest absolute Gasteiger partial charge is 0.396 e. The number of carbonyl (C=O) groups excluding carboxylic acids is 1. The molecule has 0 aliphatic carbocycles. The molecule has 5 heteroatoms. The molecule has 5 nitrogen and oxygen atoms in total. The molecule has 0 fully saturated rings. The van der Waals surface area contributed by atoms with Gasteiger partial charge in [0.1, 0.15) is 0 Å². The van der Waals surface area contributed by atoms with Crippen LogP contribution in [-0.4, -0.2) is 34.1 Å². The van der Waals surface area contributed by atoms with Crippen LogP contribution in [0, 0.1) is 0 Å². The van der Waals surface area contributed by atoms with E-state index in [0.29, 0.717) is 18.5 Å². The number of pyridine rings is 2. The van der Waals surface area contributed by atoms with Crippen molar-refractivity contribution in [3.63, 3.8) is 0 Å². The summed E-state index contributed by atoms with van der Waals surface area (Å²) in [6.07, 6.45) is 3.94. The van der Waals surface area contributed by atoms with E-state index in [2.05, 4.69) is 15.3 Å². The van der Waals surface area contributed by atoms with Crippen LogP contribution in [-0.2, 0) is 0 Å². The average Bonchev–Trinajstić information content (AvgIpc) is 2.61. The molecule has 0 saturated heterocycles. The number of benzene rings is 1. The van der Waals surface area contributed by atoms with Gasteiger partial charge in [-0.3, -0.25) is 9.78 Å². The zero-order valence-electron chi connectivity index (χ0n) is 12.6. The number of nitrogens with zero attached hydrogens (tertiary/aromatic N) is 2. The Labute approximate surface area is 134 Å². The van der Waals surface area contributed by atoms with Crippen LogP contribution < -0.4 is 5.32 Å². The predicted molar refractivity (Wildman–Crippen MR) is 89.0 cm³/mol. The number of amides is 1. The monoisotopic (exact) mass is 307 g/mol. The molecule has 1 aromatic carbocycles. The van der Waals surface area contributed by atoms with E-state index in [0.717, 1.165) is 22.2 Å². The average molecular weight is 307 g/mol. The van der Waals surface area contributed by atoms with E-state index in [9.17, 15) is 4.79 Å². The molecule has 2 aromatic heterocycles. The number of aromatic nitrogens is 2. The molecular weight excluding hydrogens is 290 g/mol. The van der Waals surface area contributed by atoms with Crippen molar-refractivity contribution in [1.82, 2.24) is 15.3 Å². The molecule has 0 aliphatic heterocycles. The molecule has 0 spiro atoms. The van der Waals surface area contributed by atoms with Crippen molar-refractivity contribution in [2.24, 2.45) is 0 Å². The van der Waals surface area contributed by atoms with Crippen molar-refractivity contribution in [3.05, 3.63) is 60.4 Å². The fourth-order valence-electron chi connectivity index (χ4n) is 2.41. The maximum absolute atomic E-state index is 12.5. The Morgan fingerprint density at radius 2 is 1.91 bits per heavy atom. The van der Waals surface area contributed by atoms with Crippen LogP contribution in [0.5, 0.6) is 0 Å². The lowest BCUT2D eigenvalue weighted by atomic mass is 10.0. The summed E-state index contributed by atoms with van der Waals surface area (Å²) < 4.78 is 0. The Morgan fingerprint density at radius 3 is 2.70 bits per heavy atom. The van der Waals surface area contributed by atoms with Crippen LogP contribution in [0.1, 0.15) is 16.8 Å². The van der Waals surface area contributed by atoms with Crippen molar-refractivity contribution in [1.29, 1.82) is 0 Å². The number of carbonyl (C=O) groups is 1. The summed E-state index contributed by atoms with van der Waals surface area (Å²) in [6.45, 7) is 0.496. The van der Waals surface area contributed by atoms with Gasteiger partial charge in [0, 0.05) is 36.5 Å². The first-order chi connectivity index (χ1) is 11.3. The fourth-order valence-corrected chi connectivity index (χ4v) is 2.41. The van der Waals surface area contributed by atoms with Gasteiger partial charge >= 0.3 is 0 Å². The quantitative estimate of drug-likeness (QED) is 0.710. The molecule has 0 bridgehead atoms. The van der Waals surface area contributed by atoms with Gasteiger partial charge in [-0.25, -0.2) is 4.98 Å². The van der Waals surface area contributed by atoms with E-state index in [1.54, 1.807) is 18.5 Å². The summed E-state index contributed by atoms with van der Waals surface area (Å²) >= 11 is 0. The van der Waals surface area contributed by atoms with Crippen molar-refractivity contribution in [2.75, 3.05) is 13.2 Å². The van der Waals surface area contributed by atoms with Gasteiger partial charge in [-0.2, -0.15) is 0 Å². The van der Waals surface area contributed by atoms with Gasteiger partial charge in [-0.1, -0.05) is 18.2 Å². The Hall–Kier alpha value is -2.79. The minimum atomic E-state index is -0.160. The van der Waals surface area contributed by atoms with Gasteiger partial charge in [0.25, 0.3) is 5.91 Å². The minimum absolute atomic E-state index is 0.0552. The third kappa shape index (κ3) is 3.35. The van der Waals surface area contributed by atoms with Gasteiger partial charge in [0.15, 0.2) is 0 Å². The third-order valence-corrected chi connectivity index (χ3v) is 3.56. The first-order valence-corrected chi connectivity index (χ1v) is 7.49. The second kappa shape index (κ2) is 6.98. The molecular formula is C18H17N3O2. The molecule has 0 radical (unpaired) electrons. The molecule has 3 rings (SSSR count). The second-order valence-electron chi connectivity index (χ2n) is 5.14. The predicted octanol–water partition coefficient (Wildman–Crippen LogP) is 2.41. The number of aliphatic hydroxyl groups is 1. The number of aliphatic hydroxyl groups excluding tert-OH is 1. The van der Waals surface area contributed by atoms with Gasteiger partial charge in [0.2, 0.25) is 0 Å². The molecule has 0 saturated carbocycles. The van der Waals surface area contributed by atoms with Gasteiger partial charge < -0.3 is 10.4 Å². The van der Waals surface area contributed by atoms with E-state index in [4.69, 9.17) is 5.11 Å². The van der Waals surface area contributed by atoms with Gasteiger partial charge in [-0.15, -0.1) is 0 Å². The summed E-state index contributed by atoms with van der Waals surface area (Å²) in [5, 5.41) is 12.5. The lowest BCUT2D eigenvalue weighted by Crippen LogP contribution is -2.25. The van der Waals surface area contributed by atoms with E-state index in [-0.39, 0.29) is 12.5 Å². The van der Waals surface area contributed by atoms with E-state index >= 15 is 0 Å². The van der Waals surface area contributed by atoms with E-state index < -0.39 is 0 Å². The topological polar surface area (TPSA) is 75.1 Å². The first-order valence-electron chi connectivity index (χ1n) is 7.49. The standard InChI is InChI=1S/C18H17N3O2/c22-11-3-8-20-18(23)15-12-17(13-6-9-19-10-7-13)21-16-5-2-1-4-14(15)16/h1-2,4-7,9-10,12,22H,3,8,11H2,(H,20,23). The lowest BCUT2D eigenvalue weighted by Gasteiger charge is -2.10. The third-order valence-electron chi connectivity index (χ3n) is 3.56. The lowest BCUT2D eigenvalue weighted by molar-refractivity contribution is 0.0953. The van der Waals surface area contributed by atoms with Crippen molar-refractivity contribution < 1.29 is 9.90 Å². The molecule has 0 unspecified atom stereocenters. The maximum atomic E-state index is 12.5. The van der Waals surface area contributed by atoms with Crippen LogP contribution >= 0.6 is 0 Å². The highest BCUT2D eigenvalue weighted by atomic mass is 16.3. The molecule has 2 N–H and O–H groups in total. The summed E-state index contributed by atoms with van der Waals surface area (Å²) in [7, 11) is 0. The number of fused-ring (bicyclic) bond motifs is 1. The Kier molecular flexibility index (Phi) is 4.59. The zero-order valence-corrected chi connectivity index (χ0v) is 12.6. The highest BCUT2D eigenvalue weighted by Crippen LogP contribution is 2.24. The highest BCUT2D eigenvalue weighted by Gasteiger charge is 2.13. The fraction of sp³-hybridized carbons (Fsp3) is 0.167. The Morgan fingerprint density at radius 1 is 1.13 bits per heavy atom. The van der Waals surface area contributed by atoms with Crippen LogP contribution in [0.3, 0.4) is 0 Å². The number of para-hydroxylation sites is 1. The summed E-state index contributed by atoms with van der Waals surface area (Å²) in [5.74, 6) is -0.160. The van der Waals surface area contributed by atoms with Crippen LogP contribution in [0.2, 0.25) is 0 Å². The number of hydrogen-bond acceptors (Lipinski definition) is 4. The smallest absolute Gasteiger partial charge is 0.252 e. The Balaban J connectivity index is 2.06. The minimum Gasteiger partial charge on any atom is -0.396 e. The zero-order chi connectivity index (χ0) is 16.1. The van der Waals surface area contributed by atoms with Crippen LogP contribution in [0.4, 0.5) is 0 Å². The molecule has 3 aromatic rings. The first kappa shape index (κ1) is 15.1. The molecule has 0 aliphatic rings. The molecule has 2 heterocycles. The van der Waals surface area contributed by atoms with E-state index in [1.807, 2.05) is 36.4 Å². The number of nitrogens with one attached hydrogen (secondary N) is 1. The normalized spacial score (nSPS) is 10.7. The number of hydrogen-bond donors (Lipinski definition) is 2. The summed E-state index contributed by atoms with van der Waals surface area (Å²) in [4.78, 5) is 21.1. The van der Waals surface area contributed by atoms with Gasteiger partial charge in [0.05, 0.1) is 16.8 Å². The van der Waals surface area contributed by atoms with Crippen molar-refractivity contribution in [2.45, 2.75) is 6.42 Å². The summed E-state index contributed by atoms with van der Waals surface area (Å²) in [5.41, 5.74) is 3.00. The highest BCUT2D eigenvalue weighted by molar-refractivity contribution is 6.07. The maximum Gasteiger partial charge on any atom is 0.252 e. The summed E-state index contributed by atoms with van der Waals surface area (Å²) in [6, 6.07) is 13.1. The van der Waals surface area contributed by atoms with Crippen LogP contribution in [0.25, 0.3) is 22.2 Å².